The van der Waals surface area contributed by atoms with Crippen LogP contribution >= 0.6 is 0 Å². The van der Waals surface area contributed by atoms with Crippen molar-refractivity contribution < 1.29 is 0 Å². The Morgan fingerprint density at radius 2 is 2.21 bits per heavy atom. The second-order valence-electron chi connectivity index (χ2n) is 5.52. The molecule has 2 saturated carbocycles. The standard InChI is InChI=1S/C13H19N/c1-9-7-11-12(13(11,2)3)8-10(9)5-4-6-14/h5,9,11-12H,4,7-8H2,1-3H3/b10-5-/t9-,11+,12+/m1/s1. The first-order valence-corrected chi connectivity index (χ1v) is 5.63. The summed E-state index contributed by atoms with van der Waals surface area (Å²) in [6.45, 7) is 7.10. The van der Waals surface area contributed by atoms with E-state index >= 15 is 0 Å². The number of rotatable bonds is 1. The maximum absolute atomic E-state index is 8.57. The summed E-state index contributed by atoms with van der Waals surface area (Å²) in [7, 11) is 0. The molecule has 76 valence electrons. The Morgan fingerprint density at radius 3 is 2.86 bits per heavy atom. The third-order valence-electron chi connectivity index (χ3n) is 4.44. The van der Waals surface area contributed by atoms with E-state index in [1.165, 1.54) is 12.8 Å². The van der Waals surface area contributed by atoms with Gasteiger partial charge in [-0.2, -0.15) is 5.26 Å². The summed E-state index contributed by atoms with van der Waals surface area (Å²) < 4.78 is 0. The van der Waals surface area contributed by atoms with Crippen LogP contribution in [0.1, 0.15) is 40.0 Å². The molecule has 0 radical (unpaired) electrons. The fourth-order valence-corrected chi connectivity index (χ4v) is 3.18. The second-order valence-corrected chi connectivity index (χ2v) is 5.52. The van der Waals surface area contributed by atoms with Crippen LogP contribution in [-0.2, 0) is 0 Å². The van der Waals surface area contributed by atoms with Gasteiger partial charge >= 0.3 is 0 Å². The van der Waals surface area contributed by atoms with Crippen molar-refractivity contribution in [2.24, 2.45) is 23.2 Å². The van der Waals surface area contributed by atoms with Crippen LogP contribution in [-0.4, -0.2) is 0 Å². The van der Waals surface area contributed by atoms with E-state index in [2.05, 4.69) is 32.9 Å². The highest BCUT2D eigenvalue weighted by atomic mass is 14.6. The van der Waals surface area contributed by atoms with Gasteiger partial charge in [0, 0.05) is 0 Å². The van der Waals surface area contributed by atoms with Crippen molar-refractivity contribution in [2.45, 2.75) is 40.0 Å². The number of fused-ring (bicyclic) bond motifs is 1. The molecular weight excluding hydrogens is 170 g/mol. The van der Waals surface area contributed by atoms with Gasteiger partial charge in [0.05, 0.1) is 12.5 Å². The Morgan fingerprint density at radius 1 is 1.50 bits per heavy atom. The summed E-state index contributed by atoms with van der Waals surface area (Å²) in [5.41, 5.74) is 2.12. The summed E-state index contributed by atoms with van der Waals surface area (Å²) in [4.78, 5) is 0. The van der Waals surface area contributed by atoms with Crippen LogP contribution in [0.25, 0.3) is 0 Å². The Balaban J connectivity index is 2.07. The molecule has 0 spiro atoms. The molecule has 0 aromatic carbocycles. The van der Waals surface area contributed by atoms with Gasteiger partial charge in [0.15, 0.2) is 0 Å². The SMILES string of the molecule is C[C@@H]1C[C@H]2[C@H](C/C1=C/CC#N)C2(C)C. The zero-order valence-electron chi connectivity index (χ0n) is 9.38. The number of allylic oxidation sites excluding steroid dienone is 2. The minimum atomic E-state index is 0.580. The summed E-state index contributed by atoms with van der Waals surface area (Å²) in [5.74, 6) is 2.58. The van der Waals surface area contributed by atoms with Gasteiger partial charge in [-0.05, 0) is 36.0 Å². The largest absolute Gasteiger partial charge is 0.198 e. The van der Waals surface area contributed by atoms with Crippen molar-refractivity contribution in [3.63, 3.8) is 0 Å². The van der Waals surface area contributed by atoms with Gasteiger partial charge in [0.25, 0.3) is 0 Å². The summed E-state index contributed by atoms with van der Waals surface area (Å²) in [6, 6.07) is 2.21. The molecule has 0 saturated heterocycles. The van der Waals surface area contributed by atoms with Crippen molar-refractivity contribution >= 4 is 0 Å². The molecular formula is C13H19N. The van der Waals surface area contributed by atoms with E-state index in [0.717, 1.165) is 11.8 Å². The molecule has 1 nitrogen and oxygen atoms in total. The number of hydrogen-bond acceptors (Lipinski definition) is 1. The summed E-state index contributed by atoms with van der Waals surface area (Å²) in [5, 5.41) is 8.57. The van der Waals surface area contributed by atoms with Gasteiger partial charge in [-0.15, -0.1) is 0 Å². The molecule has 0 aromatic rings. The molecule has 14 heavy (non-hydrogen) atoms. The van der Waals surface area contributed by atoms with Crippen molar-refractivity contribution in [3.05, 3.63) is 11.6 Å². The lowest BCUT2D eigenvalue weighted by molar-refractivity contribution is 0.452. The highest BCUT2D eigenvalue weighted by Crippen LogP contribution is 2.66. The highest BCUT2D eigenvalue weighted by molar-refractivity contribution is 5.21. The first-order valence-electron chi connectivity index (χ1n) is 5.63. The van der Waals surface area contributed by atoms with Gasteiger partial charge in [-0.1, -0.05) is 32.4 Å². The smallest absolute Gasteiger partial charge is 0.0663 e. The third-order valence-corrected chi connectivity index (χ3v) is 4.44. The van der Waals surface area contributed by atoms with E-state index < -0.39 is 0 Å². The maximum Gasteiger partial charge on any atom is 0.0663 e. The quantitative estimate of drug-likeness (QED) is 0.579. The predicted molar refractivity (Wildman–Crippen MR) is 57.5 cm³/mol. The Labute approximate surface area is 86.8 Å². The van der Waals surface area contributed by atoms with E-state index in [-0.39, 0.29) is 0 Å². The molecule has 0 aromatic heterocycles. The van der Waals surface area contributed by atoms with Crippen molar-refractivity contribution in [1.82, 2.24) is 0 Å². The summed E-state index contributed by atoms with van der Waals surface area (Å²) in [6.07, 6.45) is 5.35. The van der Waals surface area contributed by atoms with E-state index in [1.54, 1.807) is 5.57 Å². The van der Waals surface area contributed by atoms with Gasteiger partial charge in [0.1, 0.15) is 0 Å². The van der Waals surface area contributed by atoms with Crippen molar-refractivity contribution in [3.8, 4) is 6.07 Å². The molecule has 3 atom stereocenters. The fourth-order valence-electron chi connectivity index (χ4n) is 3.18. The topological polar surface area (TPSA) is 23.8 Å². The first kappa shape index (κ1) is 9.77. The monoisotopic (exact) mass is 189 g/mol. The zero-order valence-corrected chi connectivity index (χ0v) is 9.38. The van der Waals surface area contributed by atoms with Gasteiger partial charge in [-0.25, -0.2) is 0 Å². The number of nitriles is 1. The average Bonchev–Trinajstić information content (AvgIpc) is 2.65. The van der Waals surface area contributed by atoms with Crippen LogP contribution in [0.15, 0.2) is 11.6 Å². The van der Waals surface area contributed by atoms with Gasteiger partial charge < -0.3 is 0 Å². The van der Waals surface area contributed by atoms with Crippen LogP contribution in [0.5, 0.6) is 0 Å². The number of hydrogen-bond donors (Lipinski definition) is 0. The summed E-state index contributed by atoms with van der Waals surface area (Å²) >= 11 is 0. The molecule has 2 aliphatic rings. The second kappa shape index (κ2) is 3.12. The van der Waals surface area contributed by atoms with E-state index in [4.69, 9.17) is 5.26 Å². The zero-order chi connectivity index (χ0) is 10.3. The molecule has 0 aliphatic heterocycles. The van der Waals surface area contributed by atoms with E-state index in [1.807, 2.05) is 0 Å². The molecule has 2 rings (SSSR count). The third kappa shape index (κ3) is 1.38. The van der Waals surface area contributed by atoms with Crippen LogP contribution in [0.3, 0.4) is 0 Å². The number of nitrogens with zero attached hydrogens (tertiary/aromatic N) is 1. The normalized spacial score (nSPS) is 41.6. The molecule has 0 bridgehead atoms. The van der Waals surface area contributed by atoms with Crippen LogP contribution in [0.2, 0.25) is 0 Å². The average molecular weight is 189 g/mol. The Bertz CT molecular complexity index is 306. The highest BCUT2D eigenvalue weighted by Gasteiger charge is 2.59. The maximum atomic E-state index is 8.57. The fraction of sp³-hybridized carbons (Fsp3) is 0.769. The van der Waals surface area contributed by atoms with Gasteiger partial charge in [0.2, 0.25) is 0 Å². The lowest BCUT2D eigenvalue weighted by atomic mass is 9.85. The first-order chi connectivity index (χ1) is 6.57. The molecule has 0 heterocycles. The predicted octanol–water partition coefficient (Wildman–Crippen LogP) is 3.53. The van der Waals surface area contributed by atoms with E-state index in [0.29, 0.717) is 17.8 Å². The van der Waals surface area contributed by atoms with Crippen molar-refractivity contribution in [2.75, 3.05) is 0 Å². The van der Waals surface area contributed by atoms with Crippen LogP contribution < -0.4 is 0 Å². The molecule has 2 fully saturated rings. The van der Waals surface area contributed by atoms with E-state index in [9.17, 15) is 0 Å². The minimum absolute atomic E-state index is 0.580. The molecule has 0 N–H and O–H groups in total. The molecule has 1 heteroatoms. The molecule has 0 amide bonds. The lowest BCUT2D eigenvalue weighted by Crippen LogP contribution is -2.08. The van der Waals surface area contributed by atoms with Crippen LogP contribution in [0.4, 0.5) is 0 Å². The van der Waals surface area contributed by atoms with Crippen LogP contribution in [0, 0.1) is 34.5 Å². The molecule has 2 aliphatic carbocycles. The lowest BCUT2D eigenvalue weighted by Gasteiger charge is -2.20. The Hall–Kier alpha value is -0.770. The van der Waals surface area contributed by atoms with Gasteiger partial charge in [-0.3, -0.25) is 0 Å². The van der Waals surface area contributed by atoms with Crippen molar-refractivity contribution in [1.29, 1.82) is 5.26 Å². The Kier molecular flexibility index (Phi) is 2.18. The minimum Gasteiger partial charge on any atom is -0.198 e. The molecule has 0 unspecified atom stereocenters.